The summed E-state index contributed by atoms with van der Waals surface area (Å²) in [6.45, 7) is 4.62. The van der Waals surface area contributed by atoms with E-state index in [4.69, 9.17) is 4.74 Å². The van der Waals surface area contributed by atoms with Crippen LogP contribution >= 0.6 is 0 Å². The Labute approximate surface area is 243 Å². The molecule has 0 bridgehead atoms. The third-order valence-electron chi connectivity index (χ3n) is 6.76. The summed E-state index contributed by atoms with van der Waals surface area (Å²) in [6, 6.07) is 39.7. The number of unbranched alkanes of at least 4 members (excludes halogenated alkanes) is 1. The topological polar surface area (TPSA) is 67.2 Å². The number of benzene rings is 4. The first-order valence-electron chi connectivity index (χ1n) is 14.2. The van der Waals surface area contributed by atoms with Crippen molar-refractivity contribution < 1.29 is 14.3 Å². The number of ether oxygens (including phenoxy) is 1. The van der Waals surface area contributed by atoms with E-state index in [1.807, 2.05) is 121 Å². The van der Waals surface area contributed by atoms with Crippen molar-refractivity contribution in [1.29, 1.82) is 5.26 Å². The molecule has 1 unspecified atom stereocenters. The van der Waals surface area contributed by atoms with Crippen molar-refractivity contribution in [2.75, 3.05) is 6.61 Å². The molecule has 0 spiro atoms. The van der Waals surface area contributed by atoms with Gasteiger partial charge in [-0.15, -0.1) is 0 Å². The molecule has 0 aliphatic rings. The largest absolute Gasteiger partial charge is 0.461 e. The summed E-state index contributed by atoms with van der Waals surface area (Å²) in [5.74, 6) is -0.132. The molecule has 0 radical (unpaired) electrons. The van der Waals surface area contributed by atoms with Gasteiger partial charge in [0.1, 0.15) is 11.6 Å². The fourth-order valence-corrected chi connectivity index (χ4v) is 4.38. The first-order valence-corrected chi connectivity index (χ1v) is 14.2. The molecule has 0 saturated carbocycles. The Bertz CT molecular complexity index is 1340. The van der Waals surface area contributed by atoms with Gasteiger partial charge in [-0.25, -0.2) is 4.79 Å². The lowest BCUT2D eigenvalue weighted by molar-refractivity contribution is -0.139. The van der Waals surface area contributed by atoms with E-state index in [2.05, 4.69) is 19.9 Å². The second kappa shape index (κ2) is 17.0. The third kappa shape index (κ3) is 9.44. The van der Waals surface area contributed by atoms with Gasteiger partial charge in [-0.3, -0.25) is 4.79 Å². The van der Waals surface area contributed by atoms with E-state index >= 15 is 0 Å². The van der Waals surface area contributed by atoms with E-state index < -0.39 is 5.97 Å². The number of nitrogens with zero attached hydrogens (tertiary/aromatic N) is 1. The van der Waals surface area contributed by atoms with Crippen molar-refractivity contribution in [1.82, 2.24) is 0 Å². The van der Waals surface area contributed by atoms with Crippen LogP contribution in [0, 0.1) is 17.2 Å². The Kier molecular flexibility index (Phi) is 12.8. The lowest BCUT2D eigenvalue weighted by Crippen LogP contribution is -2.16. The Morgan fingerprint density at radius 1 is 0.683 bits per heavy atom. The molecule has 0 N–H and O–H groups in total. The van der Waals surface area contributed by atoms with Crippen LogP contribution in [0.4, 0.5) is 0 Å². The average molecular weight is 544 g/mol. The molecule has 4 aromatic rings. The molecular weight excluding hydrogens is 506 g/mol. The molecule has 0 aliphatic carbocycles. The molecule has 4 heteroatoms. The normalized spacial score (nSPS) is 10.8. The molecule has 208 valence electrons. The van der Waals surface area contributed by atoms with Gasteiger partial charge in [0.2, 0.25) is 0 Å². The van der Waals surface area contributed by atoms with E-state index in [0.717, 1.165) is 47.9 Å². The van der Waals surface area contributed by atoms with Gasteiger partial charge in [-0.05, 0) is 23.5 Å². The summed E-state index contributed by atoms with van der Waals surface area (Å²) in [5, 5.41) is 9.74. The number of rotatable bonds is 11. The smallest absolute Gasteiger partial charge is 0.349 e. The van der Waals surface area contributed by atoms with Crippen molar-refractivity contribution in [3.8, 4) is 6.07 Å². The van der Waals surface area contributed by atoms with Crippen LogP contribution in [0.25, 0.3) is 5.57 Å². The number of carbonyl (C=O) groups excluding carboxylic acids is 2. The van der Waals surface area contributed by atoms with Crippen LogP contribution < -0.4 is 0 Å². The maximum atomic E-state index is 12.8. The molecule has 0 amide bonds. The van der Waals surface area contributed by atoms with Crippen molar-refractivity contribution in [3.63, 3.8) is 0 Å². The van der Waals surface area contributed by atoms with E-state index in [9.17, 15) is 14.9 Å². The molecule has 0 saturated heterocycles. The first kappa shape index (κ1) is 30.8. The first-order chi connectivity index (χ1) is 20.1. The number of hydrogen-bond donors (Lipinski definition) is 0. The van der Waals surface area contributed by atoms with Crippen LogP contribution in [0.3, 0.4) is 0 Å². The van der Waals surface area contributed by atoms with Gasteiger partial charge in [0, 0.05) is 16.7 Å². The molecule has 0 aromatic heterocycles. The summed E-state index contributed by atoms with van der Waals surface area (Å²) < 4.78 is 5.55. The fourth-order valence-electron chi connectivity index (χ4n) is 4.38. The van der Waals surface area contributed by atoms with Gasteiger partial charge in [0.25, 0.3) is 0 Å². The SMILES string of the molecule is CCCCC(CC)COC(=O)C(C#N)=C(c1ccccc1)c1ccccc1.O=C(c1ccccc1)c1ccccc1. The summed E-state index contributed by atoms with van der Waals surface area (Å²) in [7, 11) is 0. The lowest BCUT2D eigenvalue weighted by atomic mass is 9.93. The second-order valence-electron chi connectivity index (χ2n) is 9.67. The summed E-state index contributed by atoms with van der Waals surface area (Å²) in [4.78, 5) is 24.6. The minimum Gasteiger partial charge on any atom is -0.461 e. The molecule has 0 aliphatic heterocycles. The highest BCUT2D eigenvalue weighted by molar-refractivity contribution is 6.09. The van der Waals surface area contributed by atoms with Gasteiger partial charge in [-0.1, -0.05) is 154 Å². The molecule has 4 nitrogen and oxygen atoms in total. The summed E-state index contributed by atoms with van der Waals surface area (Å²) in [5.41, 5.74) is 3.80. The van der Waals surface area contributed by atoms with Crippen LogP contribution in [-0.4, -0.2) is 18.4 Å². The molecule has 4 rings (SSSR count). The van der Waals surface area contributed by atoms with Gasteiger partial charge < -0.3 is 4.74 Å². The zero-order valence-electron chi connectivity index (χ0n) is 23.8. The molecule has 0 fully saturated rings. The molecular formula is C37H37NO3. The maximum Gasteiger partial charge on any atom is 0.349 e. The molecule has 1 atom stereocenters. The quantitative estimate of drug-likeness (QED) is 0.0821. The lowest BCUT2D eigenvalue weighted by Gasteiger charge is -2.16. The Hall–Kier alpha value is -4.75. The highest BCUT2D eigenvalue weighted by Crippen LogP contribution is 2.27. The molecule has 0 heterocycles. The van der Waals surface area contributed by atoms with Gasteiger partial charge in [0.05, 0.1) is 6.61 Å². The van der Waals surface area contributed by atoms with Gasteiger partial charge in [0.15, 0.2) is 5.78 Å². The predicted octanol–water partition coefficient (Wildman–Crippen LogP) is 8.69. The number of hydrogen-bond acceptors (Lipinski definition) is 4. The Morgan fingerprint density at radius 2 is 1.10 bits per heavy atom. The van der Waals surface area contributed by atoms with Crippen LogP contribution in [0.5, 0.6) is 0 Å². The van der Waals surface area contributed by atoms with E-state index in [1.54, 1.807) is 0 Å². The van der Waals surface area contributed by atoms with E-state index in [1.165, 1.54) is 0 Å². The summed E-state index contributed by atoms with van der Waals surface area (Å²) >= 11 is 0. The van der Waals surface area contributed by atoms with Crippen molar-refractivity contribution in [2.45, 2.75) is 39.5 Å². The monoisotopic (exact) mass is 543 g/mol. The number of esters is 1. The Morgan fingerprint density at radius 3 is 1.46 bits per heavy atom. The van der Waals surface area contributed by atoms with Crippen molar-refractivity contribution in [3.05, 3.63) is 149 Å². The standard InChI is InChI=1S/C24H27NO2.C13H10O/c1-3-5-12-19(4-2)18-27-24(26)22(17-25)23(20-13-8-6-9-14-20)21-15-10-7-11-16-21;14-13(11-7-3-1-4-8-11)12-9-5-2-6-10-12/h6-11,13-16,19H,3-5,12,18H2,1-2H3;1-10H. The van der Waals surface area contributed by atoms with Crippen LogP contribution in [0.1, 0.15) is 66.6 Å². The number of ketones is 1. The van der Waals surface area contributed by atoms with Crippen LogP contribution in [0.15, 0.2) is 127 Å². The van der Waals surface area contributed by atoms with Gasteiger partial charge >= 0.3 is 5.97 Å². The van der Waals surface area contributed by atoms with E-state index in [-0.39, 0.29) is 11.4 Å². The zero-order chi connectivity index (χ0) is 29.3. The molecule has 4 aromatic carbocycles. The third-order valence-corrected chi connectivity index (χ3v) is 6.76. The number of carbonyl (C=O) groups is 2. The van der Waals surface area contributed by atoms with E-state index in [0.29, 0.717) is 18.1 Å². The number of nitriles is 1. The van der Waals surface area contributed by atoms with Crippen LogP contribution in [-0.2, 0) is 9.53 Å². The van der Waals surface area contributed by atoms with Crippen molar-refractivity contribution >= 4 is 17.3 Å². The van der Waals surface area contributed by atoms with Crippen LogP contribution in [0.2, 0.25) is 0 Å². The van der Waals surface area contributed by atoms with Crippen molar-refractivity contribution in [2.24, 2.45) is 5.92 Å². The predicted molar refractivity (Wildman–Crippen MR) is 165 cm³/mol. The highest BCUT2D eigenvalue weighted by atomic mass is 16.5. The minimum absolute atomic E-state index is 0.0535. The average Bonchev–Trinajstić information content (AvgIpc) is 3.05. The second-order valence-corrected chi connectivity index (χ2v) is 9.67. The minimum atomic E-state index is -0.546. The molecule has 41 heavy (non-hydrogen) atoms. The van der Waals surface area contributed by atoms with Gasteiger partial charge in [-0.2, -0.15) is 5.26 Å². The Balaban J connectivity index is 0.000000275. The maximum absolute atomic E-state index is 12.8. The fraction of sp³-hybridized carbons (Fsp3) is 0.216. The zero-order valence-corrected chi connectivity index (χ0v) is 23.8. The highest BCUT2D eigenvalue weighted by Gasteiger charge is 2.21. The summed E-state index contributed by atoms with van der Waals surface area (Å²) in [6.07, 6.45) is 4.25.